The Morgan fingerprint density at radius 3 is 1.55 bits per heavy atom. The highest BCUT2D eigenvalue weighted by Crippen LogP contribution is 2.25. The normalized spacial score (nSPS) is 15.0. The lowest BCUT2D eigenvalue weighted by Crippen LogP contribution is -2.46. The Morgan fingerprint density at radius 2 is 1.45 bits per heavy atom. The maximum Gasteiger partial charge on any atom is 0.503 e. The molecule has 0 spiro atoms. The van der Waals surface area contributed by atoms with Crippen LogP contribution in [0.25, 0.3) is 0 Å². The van der Waals surface area contributed by atoms with Gasteiger partial charge in [-0.1, -0.05) is 13.8 Å². The van der Waals surface area contributed by atoms with E-state index in [0.29, 0.717) is 5.54 Å². The van der Waals surface area contributed by atoms with Gasteiger partial charge in [-0.15, -0.1) is 0 Å². The first kappa shape index (κ1) is 11.1. The molecule has 0 saturated heterocycles. The summed E-state index contributed by atoms with van der Waals surface area (Å²) in [6.45, 7) is 4.19. The molecule has 0 aliphatic rings. The molecule has 0 N–H and O–H groups in total. The van der Waals surface area contributed by atoms with E-state index in [9.17, 15) is 0 Å². The van der Waals surface area contributed by atoms with Crippen molar-refractivity contribution >= 4 is 8.80 Å². The third-order valence-corrected chi connectivity index (χ3v) is 5.39. The lowest BCUT2D eigenvalue weighted by Gasteiger charge is -2.29. The summed E-state index contributed by atoms with van der Waals surface area (Å²) in [5, 5.41) is 0. The minimum Gasteiger partial charge on any atom is -0.377 e. The monoisotopic (exact) mass is 178 g/mol. The Bertz CT molecular complexity index is 95.6. The third-order valence-electron chi connectivity index (χ3n) is 2.07. The van der Waals surface area contributed by atoms with E-state index in [2.05, 4.69) is 13.8 Å². The minimum absolute atomic E-state index is 0.363. The number of hydrogen-bond acceptors (Lipinski definition) is 3. The van der Waals surface area contributed by atoms with Crippen molar-refractivity contribution < 1.29 is 13.3 Å². The van der Waals surface area contributed by atoms with Crippen molar-refractivity contribution in [3.05, 3.63) is 0 Å². The molecule has 0 fully saturated rings. The number of hydrogen-bond donors (Lipinski definition) is 0. The van der Waals surface area contributed by atoms with E-state index in [0.717, 1.165) is 6.42 Å². The van der Waals surface area contributed by atoms with Crippen LogP contribution in [0.1, 0.15) is 20.3 Å². The first-order valence-electron chi connectivity index (χ1n) is 3.82. The van der Waals surface area contributed by atoms with Gasteiger partial charge in [0.2, 0.25) is 0 Å². The zero-order chi connectivity index (χ0) is 8.91. The highest BCUT2D eigenvalue weighted by molar-refractivity contribution is 6.62. The van der Waals surface area contributed by atoms with Crippen molar-refractivity contribution in [3.63, 3.8) is 0 Å². The predicted octanol–water partition coefficient (Wildman–Crippen LogP) is 1.66. The molecule has 4 heteroatoms. The molecule has 0 aromatic heterocycles. The van der Waals surface area contributed by atoms with Crippen LogP contribution in [-0.4, -0.2) is 30.1 Å². The van der Waals surface area contributed by atoms with Gasteiger partial charge in [0.1, 0.15) is 0 Å². The van der Waals surface area contributed by atoms with Crippen LogP contribution in [0.2, 0.25) is 5.54 Å². The van der Waals surface area contributed by atoms with E-state index in [1.54, 1.807) is 21.3 Å². The summed E-state index contributed by atoms with van der Waals surface area (Å²) in [6.07, 6.45) is 1.02. The van der Waals surface area contributed by atoms with Crippen molar-refractivity contribution in [2.45, 2.75) is 25.8 Å². The molecule has 0 aromatic carbocycles. The van der Waals surface area contributed by atoms with Gasteiger partial charge >= 0.3 is 8.80 Å². The summed E-state index contributed by atoms with van der Waals surface area (Å²) in [6, 6.07) is 0. The molecule has 0 rings (SSSR count). The Hall–Kier alpha value is 0.0969. The quantitative estimate of drug-likeness (QED) is 0.599. The van der Waals surface area contributed by atoms with Crippen molar-refractivity contribution in [1.82, 2.24) is 0 Å². The van der Waals surface area contributed by atoms with E-state index >= 15 is 0 Å². The van der Waals surface area contributed by atoms with Crippen LogP contribution >= 0.6 is 0 Å². The van der Waals surface area contributed by atoms with E-state index in [1.165, 1.54) is 0 Å². The fourth-order valence-electron chi connectivity index (χ4n) is 1.10. The molecule has 1 unspecified atom stereocenters. The van der Waals surface area contributed by atoms with Gasteiger partial charge in [-0.25, -0.2) is 0 Å². The molecule has 0 heterocycles. The summed E-state index contributed by atoms with van der Waals surface area (Å²) in [7, 11) is 2.61. The molecule has 0 radical (unpaired) electrons. The SMILES string of the molecule is CCC(C)[Si](OC)(OC)OC. The second-order valence-corrected chi connectivity index (χ2v) is 5.94. The average Bonchev–Trinajstić information content (AvgIpc) is 2.08. The minimum atomic E-state index is -2.32. The summed E-state index contributed by atoms with van der Waals surface area (Å²) < 4.78 is 15.9. The summed E-state index contributed by atoms with van der Waals surface area (Å²) in [5.74, 6) is 0. The van der Waals surface area contributed by atoms with Crippen molar-refractivity contribution in [2.75, 3.05) is 21.3 Å². The maximum absolute atomic E-state index is 5.28. The fourth-order valence-corrected chi connectivity index (χ4v) is 3.31. The van der Waals surface area contributed by atoms with Crippen LogP contribution < -0.4 is 0 Å². The third kappa shape index (κ3) is 2.26. The van der Waals surface area contributed by atoms with Gasteiger partial charge in [0, 0.05) is 26.9 Å². The van der Waals surface area contributed by atoms with Gasteiger partial charge in [0.15, 0.2) is 0 Å². The molecule has 3 nitrogen and oxygen atoms in total. The fraction of sp³-hybridized carbons (Fsp3) is 1.00. The second-order valence-electron chi connectivity index (χ2n) is 2.53. The van der Waals surface area contributed by atoms with Gasteiger partial charge in [-0.2, -0.15) is 0 Å². The van der Waals surface area contributed by atoms with E-state index < -0.39 is 8.80 Å². The largest absolute Gasteiger partial charge is 0.503 e. The van der Waals surface area contributed by atoms with Crippen LogP contribution in [0, 0.1) is 0 Å². The first-order valence-corrected chi connectivity index (χ1v) is 5.62. The highest BCUT2D eigenvalue weighted by atomic mass is 28.4. The lowest BCUT2D eigenvalue weighted by atomic mass is 10.4. The summed E-state index contributed by atoms with van der Waals surface area (Å²) in [5.41, 5.74) is 0.363. The van der Waals surface area contributed by atoms with Gasteiger partial charge in [0.05, 0.1) is 0 Å². The Balaban J connectivity index is 4.26. The van der Waals surface area contributed by atoms with Gasteiger partial charge < -0.3 is 13.3 Å². The highest BCUT2D eigenvalue weighted by Gasteiger charge is 2.43. The van der Waals surface area contributed by atoms with E-state index in [-0.39, 0.29) is 0 Å². The molecule has 0 aliphatic heterocycles. The average molecular weight is 178 g/mol. The standard InChI is InChI=1S/C7H18O3Si/c1-6-7(2)11(8-3,9-4)10-5/h7H,6H2,1-5H3. The molecule has 0 aliphatic carbocycles. The molecular formula is C7H18O3Si. The number of rotatable bonds is 5. The van der Waals surface area contributed by atoms with Crippen LogP contribution in [0.4, 0.5) is 0 Å². The lowest BCUT2D eigenvalue weighted by molar-refractivity contribution is 0.112. The maximum atomic E-state index is 5.28. The van der Waals surface area contributed by atoms with Crippen LogP contribution in [0.5, 0.6) is 0 Å². The molecular weight excluding hydrogens is 160 g/mol. The van der Waals surface area contributed by atoms with Crippen LogP contribution in [-0.2, 0) is 13.3 Å². The van der Waals surface area contributed by atoms with Crippen molar-refractivity contribution in [1.29, 1.82) is 0 Å². The Kier molecular flexibility index (Phi) is 4.91. The van der Waals surface area contributed by atoms with Gasteiger partial charge in [-0.3, -0.25) is 0 Å². The first-order chi connectivity index (χ1) is 5.16. The Morgan fingerprint density at radius 1 is 1.09 bits per heavy atom. The Labute approximate surface area is 70.0 Å². The van der Waals surface area contributed by atoms with Crippen LogP contribution in [0.15, 0.2) is 0 Å². The van der Waals surface area contributed by atoms with Gasteiger partial charge in [0.25, 0.3) is 0 Å². The molecule has 11 heavy (non-hydrogen) atoms. The molecule has 0 bridgehead atoms. The van der Waals surface area contributed by atoms with Crippen LogP contribution in [0.3, 0.4) is 0 Å². The molecule has 0 amide bonds. The smallest absolute Gasteiger partial charge is 0.377 e. The zero-order valence-electron chi connectivity index (χ0n) is 8.01. The summed E-state index contributed by atoms with van der Waals surface area (Å²) in [4.78, 5) is 0. The molecule has 1 atom stereocenters. The van der Waals surface area contributed by atoms with Crippen molar-refractivity contribution in [2.24, 2.45) is 0 Å². The molecule has 0 aromatic rings. The second kappa shape index (κ2) is 4.87. The molecule has 0 saturated carbocycles. The van der Waals surface area contributed by atoms with Gasteiger partial charge in [-0.05, 0) is 6.42 Å². The zero-order valence-corrected chi connectivity index (χ0v) is 9.01. The summed E-state index contributed by atoms with van der Waals surface area (Å²) >= 11 is 0. The van der Waals surface area contributed by atoms with E-state index in [4.69, 9.17) is 13.3 Å². The van der Waals surface area contributed by atoms with Crippen molar-refractivity contribution in [3.8, 4) is 0 Å². The molecule has 68 valence electrons. The predicted molar refractivity (Wildman–Crippen MR) is 46.5 cm³/mol. The van der Waals surface area contributed by atoms with E-state index in [1.807, 2.05) is 0 Å². The topological polar surface area (TPSA) is 27.7 Å².